The minimum Gasteiger partial charge on any atom is -0.370 e. The lowest BCUT2D eigenvalue weighted by Crippen LogP contribution is -2.40. The molecule has 2 unspecified atom stereocenters. The first-order chi connectivity index (χ1) is 9.17. The largest absolute Gasteiger partial charge is 0.370 e. The number of hydrogen-bond acceptors (Lipinski definition) is 2. The first kappa shape index (κ1) is 14.3. The molecule has 0 N–H and O–H groups in total. The first-order valence-electron chi connectivity index (χ1n) is 8.21. The Bertz CT molecular complexity index is 293. The molecule has 3 rings (SSSR count). The second-order valence-corrected chi connectivity index (χ2v) is 8.43. The molecule has 3 heteroatoms. The first-order valence-corrected chi connectivity index (χ1v) is 9.13. The third-order valence-electron chi connectivity index (χ3n) is 5.60. The summed E-state index contributed by atoms with van der Waals surface area (Å²) < 4.78 is 6.44. The third kappa shape index (κ3) is 3.36. The van der Waals surface area contributed by atoms with Gasteiger partial charge in [0.1, 0.15) is 0 Å². The van der Waals surface area contributed by atoms with Crippen LogP contribution in [0.15, 0.2) is 0 Å². The lowest BCUT2D eigenvalue weighted by Gasteiger charge is -2.35. The van der Waals surface area contributed by atoms with Crippen LogP contribution >= 0.6 is 15.9 Å². The van der Waals surface area contributed by atoms with Gasteiger partial charge >= 0.3 is 0 Å². The van der Waals surface area contributed by atoms with Gasteiger partial charge in [-0.1, -0.05) is 35.7 Å². The van der Waals surface area contributed by atoms with Crippen molar-refractivity contribution in [2.45, 2.75) is 74.8 Å². The number of likely N-dealkylation sites (tertiary alicyclic amines) is 1. The predicted molar refractivity (Wildman–Crippen MR) is 82.9 cm³/mol. The molecule has 2 atom stereocenters. The van der Waals surface area contributed by atoms with Crippen LogP contribution in [0.1, 0.15) is 58.3 Å². The highest BCUT2D eigenvalue weighted by atomic mass is 79.9. The molecule has 3 aliphatic rings. The van der Waals surface area contributed by atoms with E-state index in [4.69, 9.17) is 4.74 Å². The zero-order valence-electron chi connectivity index (χ0n) is 12.2. The minimum atomic E-state index is 0.313. The Morgan fingerprint density at radius 1 is 1.16 bits per heavy atom. The van der Waals surface area contributed by atoms with Crippen LogP contribution in [0, 0.1) is 5.92 Å². The molecule has 0 aromatic carbocycles. The molecule has 2 saturated heterocycles. The van der Waals surface area contributed by atoms with Crippen molar-refractivity contribution in [1.29, 1.82) is 0 Å². The van der Waals surface area contributed by atoms with E-state index in [1.54, 1.807) is 0 Å². The van der Waals surface area contributed by atoms with E-state index in [1.807, 2.05) is 0 Å². The van der Waals surface area contributed by atoms with Crippen LogP contribution in [-0.4, -0.2) is 41.1 Å². The van der Waals surface area contributed by atoms with Crippen LogP contribution < -0.4 is 0 Å². The van der Waals surface area contributed by atoms with Crippen LogP contribution in [0.5, 0.6) is 0 Å². The van der Waals surface area contributed by atoms with E-state index in [0.717, 1.165) is 5.92 Å². The van der Waals surface area contributed by atoms with Gasteiger partial charge in [0.2, 0.25) is 0 Å². The predicted octanol–water partition coefficient (Wildman–Crippen LogP) is 3.97. The Morgan fingerprint density at radius 2 is 1.84 bits per heavy atom. The van der Waals surface area contributed by atoms with E-state index >= 15 is 0 Å². The lowest BCUT2D eigenvalue weighted by atomic mass is 9.94. The van der Waals surface area contributed by atoms with Gasteiger partial charge in [-0.25, -0.2) is 0 Å². The van der Waals surface area contributed by atoms with Gasteiger partial charge in [0.15, 0.2) is 0 Å². The number of rotatable bonds is 3. The average Bonchev–Trinajstić information content (AvgIpc) is 3.01. The van der Waals surface area contributed by atoms with Crippen LogP contribution in [0.3, 0.4) is 0 Å². The normalized spacial score (nSPS) is 34.1. The summed E-state index contributed by atoms with van der Waals surface area (Å²) in [6.45, 7) is 6.02. The summed E-state index contributed by atoms with van der Waals surface area (Å²) in [7, 11) is 0. The molecule has 1 aliphatic carbocycles. The quantitative estimate of drug-likeness (QED) is 0.726. The van der Waals surface area contributed by atoms with Crippen LogP contribution in [-0.2, 0) is 4.74 Å². The molecule has 0 aromatic heterocycles. The molecule has 110 valence electrons. The monoisotopic (exact) mass is 329 g/mol. The summed E-state index contributed by atoms with van der Waals surface area (Å²) >= 11 is 3.74. The van der Waals surface area contributed by atoms with E-state index in [2.05, 4.69) is 27.8 Å². The van der Waals surface area contributed by atoms with Gasteiger partial charge < -0.3 is 9.64 Å². The van der Waals surface area contributed by atoms with Gasteiger partial charge in [-0.2, -0.15) is 0 Å². The van der Waals surface area contributed by atoms with Crippen molar-refractivity contribution in [3.05, 3.63) is 0 Å². The van der Waals surface area contributed by atoms with E-state index < -0.39 is 0 Å². The second kappa shape index (κ2) is 6.03. The van der Waals surface area contributed by atoms with Gasteiger partial charge in [0, 0.05) is 11.4 Å². The maximum Gasteiger partial charge on any atom is 0.0710 e. The molecular formula is C16H28BrNO. The van der Waals surface area contributed by atoms with Gasteiger partial charge in [0.25, 0.3) is 0 Å². The van der Waals surface area contributed by atoms with Crippen molar-refractivity contribution in [1.82, 2.24) is 4.90 Å². The fourth-order valence-corrected chi connectivity index (χ4v) is 4.82. The van der Waals surface area contributed by atoms with Gasteiger partial charge in [-0.3, -0.25) is 0 Å². The summed E-state index contributed by atoms with van der Waals surface area (Å²) in [4.78, 5) is 3.32. The highest BCUT2D eigenvalue weighted by Crippen LogP contribution is 2.43. The van der Waals surface area contributed by atoms with E-state index in [-0.39, 0.29) is 0 Å². The Hall–Kier alpha value is 0.400. The molecule has 0 radical (unpaired) electrons. The fraction of sp³-hybridized carbons (Fsp3) is 1.00. The van der Waals surface area contributed by atoms with Gasteiger partial charge in [-0.15, -0.1) is 0 Å². The maximum atomic E-state index is 6.44. The van der Waals surface area contributed by atoms with Crippen molar-refractivity contribution in [2.75, 3.05) is 19.6 Å². The molecular weight excluding hydrogens is 302 g/mol. The van der Waals surface area contributed by atoms with Crippen molar-refractivity contribution in [2.24, 2.45) is 5.92 Å². The van der Waals surface area contributed by atoms with E-state index in [1.165, 1.54) is 71.0 Å². The molecule has 2 heterocycles. The SMILES string of the molecule is CC(Br)C1CCN(CC2CCC3(CCCC3)O2)CC1. The Kier molecular flexibility index (Phi) is 4.55. The van der Waals surface area contributed by atoms with Crippen LogP contribution in [0.25, 0.3) is 0 Å². The van der Waals surface area contributed by atoms with Crippen molar-refractivity contribution >= 4 is 15.9 Å². The summed E-state index contributed by atoms with van der Waals surface area (Å²) in [5.41, 5.74) is 0.313. The summed E-state index contributed by atoms with van der Waals surface area (Å²) in [5, 5.41) is 0. The number of piperidine rings is 1. The lowest BCUT2D eigenvalue weighted by molar-refractivity contribution is -0.0498. The number of ether oxygens (including phenoxy) is 1. The summed E-state index contributed by atoms with van der Waals surface area (Å²) in [6, 6.07) is 0. The Morgan fingerprint density at radius 3 is 2.47 bits per heavy atom. The number of halogens is 1. The molecule has 2 nitrogen and oxygen atoms in total. The standard InChI is InChI=1S/C16H28BrNO/c1-13(17)14-5-10-18(11-6-14)12-15-4-9-16(19-15)7-2-3-8-16/h13-15H,2-12H2,1H3. The molecule has 1 saturated carbocycles. The van der Waals surface area contributed by atoms with E-state index in [0.29, 0.717) is 16.5 Å². The second-order valence-electron chi connectivity index (χ2n) is 6.98. The minimum absolute atomic E-state index is 0.313. The topological polar surface area (TPSA) is 12.5 Å². The molecule has 3 fully saturated rings. The highest BCUT2D eigenvalue weighted by molar-refractivity contribution is 9.09. The number of nitrogens with zero attached hydrogens (tertiary/aromatic N) is 1. The zero-order chi connectivity index (χ0) is 13.3. The molecule has 2 aliphatic heterocycles. The highest BCUT2D eigenvalue weighted by Gasteiger charge is 2.42. The molecule has 19 heavy (non-hydrogen) atoms. The van der Waals surface area contributed by atoms with Gasteiger partial charge in [0.05, 0.1) is 11.7 Å². The fourth-order valence-electron chi connectivity index (χ4n) is 4.29. The van der Waals surface area contributed by atoms with Crippen molar-refractivity contribution < 1.29 is 4.74 Å². The zero-order valence-corrected chi connectivity index (χ0v) is 13.8. The maximum absolute atomic E-state index is 6.44. The molecule has 1 spiro atoms. The van der Waals surface area contributed by atoms with E-state index in [9.17, 15) is 0 Å². The van der Waals surface area contributed by atoms with Crippen LogP contribution in [0.4, 0.5) is 0 Å². The van der Waals surface area contributed by atoms with Crippen molar-refractivity contribution in [3.8, 4) is 0 Å². The molecule has 0 amide bonds. The average molecular weight is 330 g/mol. The van der Waals surface area contributed by atoms with Gasteiger partial charge in [-0.05, 0) is 57.5 Å². The number of alkyl halides is 1. The Balaban J connectivity index is 1.43. The molecule has 0 aromatic rings. The smallest absolute Gasteiger partial charge is 0.0710 e. The van der Waals surface area contributed by atoms with Crippen LogP contribution in [0.2, 0.25) is 0 Å². The van der Waals surface area contributed by atoms with Crippen molar-refractivity contribution in [3.63, 3.8) is 0 Å². The Labute approximate surface area is 126 Å². The molecule has 0 bridgehead atoms. The number of hydrogen-bond donors (Lipinski definition) is 0. The third-order valence-corrected chi connectivity index (χ3v) is 6.34. The summed E-state index contributed by atoms with van der Waals surface area (Å²) in [6.07, 6.45) is 11.3. The summed E-state index contributed by atoms with van der Waals surface area (Å²) in [5.74, 6) is 0.877.